The number of nitrogens with one attached hydrogen (secondary N) is 2. The molecular weight excluding hydrogens is 580 g/mol. The Labute approximate surface area is 247 Å². The van der Waals surface area contributed by atoms with E-state index in [0.29, 0.717) is 61.0 Å². The van der Waals surface area contributed by atoms with E-state index in [4.69, 9.17) is 4.74 Å². The fourth-order valence-corrected chi connectivity index (χ4v) is 7.46. The minimum atomic E-state index is -3.38. The van der Waals surface area contributed by atoms with Gasteiger partial charge in [0.25, 0.3) is 5.91 Å². The van der Waals surface area contributed by atoms with E-state index in [0.717, 1.165) is 5.56 Å². The second kappa shape index (κ2) is 11.5. The number of halogens is 2. The summed E-state index contributed by atoms with van der Waals surface area (Å²) in [6.45, 7) is 4.19. The molecule has 2 fully saturated rings. The van der Waals surface area contributed by atoms with Crippen LogP contribution in [0, 0.1) is 18.6 Å². The smallest absolute Gasteiger partial charge is 0.254 e. The van der Waals surface area contributed by atoms with Crippen LogP contribution in [0.4, 0.5) is 20.3 Å². The summed E-state index contributed by atoms with van der Waals surface area (Å²) < 4.78 is 63.0. The fourth-order valence-electron chi connectivity index (χ4n) is 5.62. The summed E-state index contributed by atoms with van der Waals surface area (Å²) >= 11 is 0. The van der Waals surface area contributed by atoms with Gasteiger partial charge in [-0.25, -0.2) is 22.8 Å². The number of nitrogens with zero attached hydrogens (tertiary/aromatic N) is 5. The van der Waals surface area contributed by atoms with E-state index in [2.05, 4.69) is 20.6 Å². The lowest BCUT2D eigenvalue weighted by molar-refractivity contribution is 0.0696. The van der Waals surface area contributed by atoms with Crippen molar-refractivity contribution in [3.05, 3.63) is 71.7 Å². The first kappa shape index (κ1) is 29.0. The number of rotatable bonds is 7. The lowest BCUT2D eigenvalue weighted by Crippen LogP contribution is -2.52. The fraction of sp³-hybridized carbons (Fsp3) is 0.345. The topological polar surface area (TPSA) is 121 Å². The van der Waals surface area contributed by atoms with E-state index in [1.54, 1.807) is 27.6 Å². The van der Waals surface area contributed by atoms with Gasteiger partial charge >= 0.3 is 0 Å². The molecule has 14 heteroatoms. The highest BCUT2D eigenvalue weighted by Crippen LogP contribution is 2.32. The molecule has 43 heavy (non-hydrogen) atoms. The molecule has 1 atom stereocenters. The van der Waals surface area contributed by atoms with Crippen LogP contribution in [0.3, 0.4) is 0 Å². The number of amides is 1. The predicted molar refractivity (Wildman–Crippen MR) is 157 cm³/mol. The zero-order chi connectivity index (χ0) is 30.3. The number of ether oxygens (including phenoxy) is 1. The molecule has 2 aliphatic rings. The van der Waals surface area contributed by atoms with Gasteiger partial charge in [0.15, 0.2) is 23.0 Å². The van der Waals surface area contributed by atoms with Crippen molar-refractivity contribution in [1.29, 1.82) is 0 Å². The zero-order valence-electron chi connectivity index (χ0n) is 23.7. The summed E-state index contributed by atoms with van der Waals surface area (Å²) in [5.41, 5.74) is 2.66. The lowest BCUT2D eigenvalue weighted by Gasteiger charge is -2.35. The molecule has 2 aromatic heterocycles. The number of anilines is 2. The largest absolute Gasteiger partial charge is 0.494 e. The molecule has 6 rings (SSSR count). The molecule has 0 aliphatic carbocycles. The second-order valence-electron chi connectivity index (χ2n) is 10.6. The average molecular weight is 612 g/mol. The maximum absolute atomic E-state index is 14.8. The Morgan fingerprint density at radius 1 is 1.09 bits per heavy atom. The third-order valence-corrected chi connectivity index (χ3v) is 10.3. The SMILES string of the molecule is COc1ccc(-c2cnc3c(Nc4ccc(C(=O)N5CCN(S(=O)(=O)[C@H]6CCNC6)CC5)c(C)c4)nccn23)c(F)c1F. The van der Waals surface area contributed by atoms with Gasteiger partial charge in [-0.3, -0.25) is 9.20 Å². The van der Waals surface area contributed by atoms with Crippen LogP contribution < -0.4 is 15.4 Å². The van der Waals surface area contributed by atoms with E-state index >= 15 is 0 Å². The summed E-state index contributed by atoms with van der Waals surface area (Å²) in [5, 5.41) is 5.90. The predicted octanol–water partition coefficient (Wildman–Crippen LogP) is 3.18. The van der Waals surface area contributed by atoms with E-state index in [1.165, 1.54) is 35.9 Å². The third kappa shape index (κ3) is 5.30. The van der Waals surface area contributed by atoms with Crippen molar-refractivity contribution >= 4 is 33.1 Å². The van der Waals surface area contributed by atoms with Crippen LogP contribution >= 0.6 is 0 Å². The zero-order valence-corrected chi connectivity index (χ0v) is 24.5. The molecular formula is C29H31F2N7O4S. The van der Waals surface area contributed by atoms with Gasteiger partial charge in [-0.2, -0.15) is 8.70 Å². The van der Waals surface area contributed by atoms with Gasteiger partial charge in [0.05, 0.1) is 24.3 Å². The first-order chi connectivity index (χ1) is 20.7. The highest BCUT2D eigenvalue weighted by atomic mass is 32.2. The number of imidazole rings is 1. The van der Waals surface area contributed by atoms with Crippen molar-refractivity contribution in [2.24, 2.45) is 0 Å². The van der Waals surface area contributed by atoms with Crippen LogP contribution in [0.5, 0.6) is 5.75 Å². The number of methoxy groups -OCH3 is 1. The highest BCUT2D eigenvalue weighted by Gasteiger charge is 2.36. The van der Waals surface area contributed by atoms with Gasteiger partial charge in [0.1, 0.15) is 0 Å². The molecule has 2 saturated heterocycles. The monoisotopic (exact) mass is 611 g/mol. The molecule has 0 radical (unpaired) electrons. The number of sulfonamides is 1. The number of carbonyl (C=O) groups excluding carboxylic acids is 1. The number of aromatic nitrogens is 3. The van der Waals surface area contributed by atoms with Gasteiger partial charge < -0.3 is 20.3 Å². The van der Waals surface area contributed by atoms with Crippen LogP contribution in [0.2, 0.25) is 0 Å². The highest BCUT2D eigenvalue weighted by molar-refractivity contribution is 7.89. The Bertz CT molecular complexity index is 1800. The number of benzene rings is 2. The number of piperazine rings is 1. The minimum absolute atomic E-state index is 0.0237. The quantitative estimate of drug-likeness (QED) is 0.327. The van der Waals surface area contributed by atoms with Gasteiger partial charge in [0, 0.05) is 61.9 Å². The molecule has 0 saturated carbocycles. The number of hydrogen-bond donors (Lipinski definition) is 2. The van der Waals surface area contributed by atoms with Crippen molar-refractivity contribution in [2.75, 3.05) is 51.7 Å². The molecule has 0 spiro atoms. The average Bonchev–Trinajstić information content (AvgIpc) is 3.71. The van der Waals surface area contributed by atoms with Crippen molar-refractivity contribution in [3.63, 3.8) is 0 Å². The molecule has 0 bridgehead atoms. The minimum Gasteiger partial charge on any atom is -0.494 e. The summed E-state index contributed by atoms with van der Waals surface area (Å²) in [6, 6.07) is 8.07. The van der Waals surface area contributed by atoms with E-state index < -0.39 is 26.9 Å². The van der Waals surface area contributed by atoms with Crippen LogP contribution in [0.25, 0.3) is 16.9 Å². The standard InChI is InChI=1S/C29H31F2N7O4S/c1-18-15-19(3-4-21(18)29(39)36-11-13-37(14-12-36)43(40,41)20-7-8-32-16-20)35-27-28-34-17-23(38(28)10-9-33-27)22-5-6-24(42-2)26(31)25(22)30/h3-6,9-10,15,17,20,32H,7-8,11-14,16H2,1-2H3,(H,33,35)/t20-/m0/s1. The maximum atomic E-state index is 14.8. The lowest BCUT2D eigenvalue weighted by atomic mass is 10.1. The van der Waals surface area contributed by atoms with Crippen LogP contribution in [-0.2, 0) is 10.0 Å². The molecule has 0 unspecified atom stereocenters. The maximum Gasteiger partial charge on any atom is 0.254 e. The third-order valence-electron chi connectivity index (χ3n) is 8.01. The van der Waals surface area contributed by atoms with Crippen LogP contribution in [-0.4, -0.2) is 89.5 Å². The Hall–Kier alpha value is -4.14. The van der Waals surface area contributed by atoms with Crippen molar-refractivity contribution < 1.29 is 26.7 Å². The second-order valence-corrected chi connectivity index (χ2v) is 12.8. The van der Waals surface area contributed by atoms with E-state index in [1.807, 2.05) is 13.0 Å². The summed E-state index contributed by atoms with van der Waals surface area (Å²) in [6.07, 6.45) is 5.17. The molecule has 2 aliphatic heterocycles. The number of carbonyl (C=O) groups is 1. The normalized spacial score (nSPS) is 17.9. The van der Waals surface area contributed by atoms with Crippen molar-refractivity contribution in [3.8, 4) is 17.0 Å². The first-order valence-corrected chi connectivity index (χ1v) is 15.4. The van der Waals surface area contributed by atoms with Crippen LogP contribution in [0.15, 0.2) is 48.9 Å². The molecule has 4 aromatic rings. The summed E-state index contributed by atoms with van der Waals surface area (Å²) in [4.78, 5) is 23.8. The van der Waals surface area contributed by atoms with Crippen molar-refractivity contribution in [1.82, 2.24) is 28.9 Å². The molecule has 226 valence electrons. The number of fused-ring (bicyclic) bond motifs is 1. The van der Waals surface area contributed by atoms with Gasteiger partial charge in [-0.15, -0.1) is 0 Å². The Balaban J connectivity index is 1.17. The summed E-state index contributed by atoms with van der Waals surface area (Å²) in [7, 11) is -2.12. The molecule has 4 heterocycles. The first-order valence-electron chi connectivity index (χ1n) is 13.9. The Morgan fingerprint density at radius 2 is 1.88 bits per heavy atom. The van der Waals surface area contributed by atoms with Crippen LogP contribution in [0.1, 0.15) is 22.3 Å². The number of hydrogen-bond acceptors (Lipinski definition) is 8. The number of aryl methyl sites for hydroxylation is 1. The van der Waals surface area contributed by atoms with Gasteiger partial charge in [0.2, 0.25) is 15.8 Å². The molecule has 1 amide bonds. The Morgan fingerprint density at radius 3 is 2.58 bits per heavy atom. The van der Waals surface area contributed by atoms with Gasteiger partial charge in [-0.1, -0.05) is 0 Å². The summed E-state index contributed by atoms with van der Waals surface area (Å²) in [5.74, 6) is -2.09. The molecule has 2 aromatic carbocycles. The molecule has 2 N–H and O–H groups in total. The Kier molecular flexibility index (Phi) is 7.75. The van der Waals surface area contributed by atoms with E-state index in [-0.39, 0.29) is 30.3 Å². The van der Waals surface area contributed by atoms with Gasteiger partial charge in [-0.05, 0) is 55.8 Å². The molecule has 11 nitrogen and oxygen atoms in total. The van der Waals surface area contributed by atoms with Crippen molar-refractivity contribution in [2.45, 2.75) is 18.6 Å². The van der Waals surface area contributed by atoms with E-state index in [9.17, 15) is 22.0 Å².